The molecular weight excluding hydrogens is 345 g/mol. The molecule has 2 rings (SSSR count). The van der Waals surface area contributed by atoms with Crippen LogP contribution in [-0.2, 0) is 6.18 Å². The van der Waals surface area contributed by atoms with Gasteiger partial charge >= 0.3 is 6.18 Å². The maximum absolute atomic E-state index is 12.5. The molecule has 0 saturated heterocycles. The minimum absolute atomic E-state index is 0.110. The molecule has 0 aliphatic heterocycles. The van der Waals surface area contributed by atoms with Crippen LogP contribution in [0.4, 0.5) is 13.2 Å². The molecule has 1 aromatic rings. The summed E-state index contributed by atoms with van der Waals surface area (Å²) < 4.78 is 43.3. The average Bonchev–Trinajstić information content (AvgIpc) is 2.71. The predicted octanol–water partition coefficient (Wildman–Crippen LogP) is 5.82. The van der Waals surface area contributed by atoms with Gasteiger partial charge in [0.25, 0.3) is 0 Å². The summed E-state index contributed by atoms with van der Waals surface area (Å²) in [5.74, 6) is 0.507. The highest BCUT2D eigenvalue weighted by molar-refractivity contribution is 9.09. The quantitative estimate of drug-likeness (QED) is 0.483. The lowest BCUT2D eigenvalue weighted by Gasteiger charge is -2.30. The first-order chi connectivity index (χ1) is 9.95. The number of alkyl halides is 4. The number of ether oxygens (including phenoxy) is 1. The first kappa shape index (κ1) is 16.7. The Balaban J connectivity index is 1.97. The summed E-state index contributed by atoms with van der Waals surface area (Å²) in [6.07, 6.45) is 2.84. The van der Waals surface area contributed by atoms with Crippen molar-refractivity contribution in [1.29, 1.82) is 0 Å². The van der Waals surface area contributed by atoms with Crippen LogP contribution in [0.5, 0.6) is 5.75 Å². The zero-order valence-electron chi connectivity index (χ0n) is 11.9. The third-order valence-electron chi connectivity index (χ3n) is 4.17. The predicted molar refractivity (Wildman–Crippen MR) is 80.9 cm³/mol. The summed E-state index contributed by atoms with van der Waals surface area (Å²) in [7, 11) is 0. The van der Waals surface area contributed by atoms with Gasteiger partial charge in [0.2, 0.25) is 0 Å². The molecule has 5 heteroatoms. The van der Waals surface area contributed by atoms with Crippen molar-refractivity contribution in [3.05, 3.63) is 29.8 Å². The summed E-state index contributed by atoms with van der Waals surface area (Å²) >= 11 is 3.59. The van der Waals surface area contributed by atoms with E-state index in [1.54, 1.807) is 0 Å². The Labute approximate surface area is 132 Å². The molecule has 0 heterocycles. The van der Waals surface area contributed by atoms with E-state index >= 15 is 0 Å². The van der Waals surface area contributed by atoms with Gasteiger partial charge in [0, 0.05) is 10.7 Å². The molecule has 0 amide bonds. The highest BCUT2D eigenvalue weighted by Gasteiger charge is 2.32. The molecule has 1 aliphatic rings. The second kappa shape index (κ2) is 7.03. The van der Waals surface area contributed by atoms with E-state index in [1.807, 2.05) is 0 Å². The van der Waals surface area contributed by atoms with Gasteiger partial charge in [-0.1, -0.05) is 41.6 Å². The minimum Gasteiger partial charge on any atom is -0.493 e. The molecule has 0 unspecified atom stereocenters. The van der Waals surface area contributed by atoms with E-state index < -0.39 is 11.7 Å². The molecule has 1 saturated carbocycles. The van der Waals surface area contributed by atoms with E-state index in [-0.39, 0.29) is 5.41 Å². The third-order valence-corrected chi connectivity index (χ3v) is 5.36. The van der Waals surface area contributed by atoms with Crippen LogP contribution in [-0.4, -0.2) is 11.9 Å². The second-order valence-electron chi connectivity index (χ2n) is 5.86. The SMILES string of the molecule is FC(F)(F)c1ccc(OCC2(CBr)CCCCCC2)cc1. The molecule has 118 valence electrons. The molecule has 1 aliphatic carbocycles. The molecule has 0 aromatic heterocycles. The zero-order valence-corrected chi connectivity index (χ0v) is 13.5. The standard InChI is InChI=1S/C16H20BrF3O/c17-11-15(9-3-1-2-4-10-15)12-21-14-7-5-13(6-8-14)16(18,19)20/h5-8H,1-4,9-12H2. The number of hydrogen-bond acceptors (Lipinski definition) is 1. The van der Waals surface area contributed by atoms with E-state index in [9.17, 15) is 13.2 Å². The summed E-state index contributed by atoms with van der Waals surface area (Å²) in [5, 5.41) is 0.876. The van der Waals surface area contributed by atoms with Crippen molar-refractivity contribution in [3.63, 3.8) is 0 Å². The minimum atomic E-state index is -4.29. The fraction of sp³-hybridized carbons (Fsp3) is 0.625. The van der Waals surface area contributed by atoms with E-state index in [4.69, 9.17) is 4.74 Å². The third kappa shape index (κ3) is 4.63. The molecule has 0 atom stereocenters. The largest absolute Gasteiger partial charge is 0.493 e. The molecule has 0 radical (unpaired) electrons. The van der Waals surface area contributed by atoms with Crippen LogP contribution in [0.2, 0.25) is 0 Å². The first-order valence-corrected chi connectivity index (χ1v) is 8.43. The lowest BCUT2D eigenvalue weighted by atomic mass is 9.83. The van der Waals surface area contributed by atoms with Gasteiger partial charge in [-0.2, -0.15) is 13.2 Å². The zero-order chi connectivity index (χ0) is 15.3. The van der Waals surface area contributed by atoms with Crippen LogP contribution in [0.3, 0.4) is 0 Å². The smallest absolute Gasteiger partial charge is 0.416 e. The number of benzene rings is 1. The molecule has 0 bridgehead atoms. The van der Waals surface area contributed by atoms with Crippen molar-refractivity contribution in [1.82, 2.24) is 0 Å². The van der Waals surface area contributed by atoms with Crippen LogP contribution >= 0.6 is 15.9 Å². The highest BCUT2D eigenvalue weighted by Crippen LogP contribution is 2.37. The van der Waals surface area contributed by atoms with Crippen molar-refractivity contribution in [2.24, 2.45) is 5.41 Å². The van der Waals surface area contributed by atoms with Crippen molar-refractivity contribution < 1.29 is 17.9 Å². The second-order valence-corrected chi connectivity index (χ2v) is 6.42. The van der Waals surface area contributed by atoms with Gasteiger partial charge in [-0.05, 0) is 37.1 Å². The summed E-state index contributed by atoms with van der Waals surface area (Å²) in [4.78, 5) is 0. The molecule has 0 N–H and O–H groups in total. The Morgan fingerprint density at radius 3 is 2.05 bits per heavy atom. The Morgan fingerprint density at radius 2 is 1.57 bits per heavy atom. The van der Waals surface area contributed by atoms with Gasteiger partial charge in [0.05, 0.1) is 12.2 Å². The highest BCUT2D eigenvalue weighted by atomic mass is 79.9. The molecule has 21 heavy (non-hydrogen) atoms. The van der Waals surface area contributed by atoms with Crippen LogP contribution in [0.1, 0.15) is 44.1 Å². The summed E-state index contributed by atoms with van der Waals surface area (Å²) in [6, 6.07) is 4.95. The molecule has 1 fully saturated rings. The van der Waals surface area contributed by atoms with E-state index in [1.165, 1.54) is 37.8 Å². The maximum Gasteiger partial charge on any atom is 0.416 e. The summed E-state index contributed by atoms with van der Waals surface area (Å²) in [5.41, 5.74) is -0.529. The Morgan fingerprint density at radius 1 is 1.00 bits per heavy atom. The van der Waals surface area contributed by atoms with E-state index in [0.717, 1.165) is 30.3 Å². The van der Waals surface area contributed by atoms with Crippen LogP contribution in [0, 0.1) is 5.41 Å². The first-order valence-electron chi connectivity index (χ1n) is 7.31. The number of hydrogen-bond donors (Lipinski definition) is 0. The van der Waals surface area contributed by atoms with Crippen LogP contribution < -0.4 is 4.74 Å². The molecular formula is C16H20BrF3O. The van der Waals surface area contributed by atoms with Gasteiger partial charge in [0.15, 0.2) is 0 Å². The lowest BCUT2D eigenvalue weighted by molar-refractivity contribution is -0.137. The van der Waals surface area contributed by atoms with E-state index in [2.05, 4.69) is 15.9 Å². The van der Waals surface area contributed by atoms with Crippen LogP contribution in [0.15, 0.2) is 24.3 Å². The fourth-order valence-corrected chi connectivity index (χ4v) is 3.49. The van der Waals surface area contributed by atoms with Gasteiger partial charge in [-0.25, -0.2) is 0 Å². The van der Waals surface area contributed by atoms with Gasteiger partial charge < -0.3 is 4.74 Å². The topological polar surface area (TPSA) is 9.23 Å². The number of halogens is 4. The molecule has 1 nitrogen and oxygen atoms in total. The Bertz CT molecular complexity index is 434. The Hall–Kier alpha value is -0.710. The van der Waals surface area contributed by atoms with Crippen molar-refractivity contribution in [2.75, 3.05) is 11.9 Å². The van der Waals surface area contributed by atoms with Crippen molar-refractivity contribution >= 4 is 15.9 Å². The van der Waals surface area contributed by atoms with Crippen molar-refractivity contribution in [3.8, 4) is 5.75 Å². The monoisotopic (exact) mass is 364 g/mol. The summed E-state index contributed by atoms with van der Waals surface area (Å²) in [6.45, 7) is 0.559. The molecule has 0 spiro atoms. The number of rotatable bonds is 4. The van der Waals surface area contributed by atoms with Gasteiger partial charge in [-0.3, -0.25) is 0 Å². The Kier molecular flexibility index (Phi) is 5.58. The van der Waals surface area contributed by atoms with Crippen molar-refractivity contribution in [2.45, 2.75) is 44.7 Å². The van der Waals surface area contributed by atoms with Gasteiger partial charge in [0.1, 0.15) is 5.75 Å². The lowest BCUT2D eigenvalue weighted by Crippen LogP contribution is -2.30. The van der Waals surface area contributed by atoms with Gasteiger partial charge in [-0.15, -0.1) is 0 Å². The normalized spacial score (nSPS) is 19.0. The van der Waals surface area contributed by atoms with Crippen LogP contribution in [0.25, 0.3) is 0 Å². The maximum atomic E-state index is 12.5. The fourth-order valence-electron chi connectivity index (χ4n) is 2.77. The molecule has 1 aromatic carbocycles. The average molecular weight is 365 g/mol. The van der Waals surface area contributed by atoms with E-state index in [0.29, 0.717) is 12.4 Å².